The zero-order chi connectivity index (χ0) is 15.3. The first-order valence-electron chi connectivity index (χ1n) is 7.99. The molecule has 0 spiro atoms. The Kier molecular flexibility index (Phi) is 9.18. The molecular weight excluding hydrogens is 264 g/mol. The van der Waals surface area contributed by atoms with E-state index in [1.807, 2.05) is 0 Å². The minimum absolute atomic E-state index is 0.444. The van der Waals surface area contributed by atoms with Crippen LogP contribution >= 0.6 is 0 Å². The monoisotopic (exact) mass is 290 g/mol. The van der Waals surface area contributed by atoms with E-state index < -0.39 is 0 Å². The molecule has 0 aliphatic heterocycles. The van der Waals surface area contributed by atoms with Crippen LogP contribution < -0.4 is 4.74 Å². The number of benzene rings is 1. The molecular formula is C18H26O3. The number of carbonyl (C=O) groups excluding carboxylic acids is 2. The van der Waals surface area contributed by atoms with Gasteiger partial charge in [0.2, 0.25) is 0 Å². The molecule has 0 unspecified atom stereocenters. The smallest absolute Gasteiger partial charge is 0.153 e. The molecule has 0 aliphatic carbocycles. The minimum Gasteiger partial charge on any atom is -0.493 e. The number of ether oxygens (including phenoxy) is 1. The van der Waals surface area contributed by atoms with Gasteiger partial charge in [-0.2, -0.15) is 0 Å². The van der Waals surface area contributed by atoms with Crippen molar-refractivity contribution in [2.24, 2.45) is 0 Å². The number of carbonyl (C=O) groups is 2. The van der Waals surface area contributed by atoms with Gasteiger partial charge in [0.05, 0.1) is 12.2 Å². The maximum Gasteiger partial charge on any atom is 0.153 e. The Morgan fingerprint density at radius 2 is 1.57 bits per heavy atom. The first kappa shape index (κ1) is 17.4. The molecule has 116 valence electrons. The Morgan fingerprint density at radius 3 is 2.19 bits per heavy atom. The second-order valence-corrected chi connectivity index (χ2v) is 5.36. The fourth-order valence-electron chi connectivity index (χ4n) is 2.28. The Morgan fingerprint density at radius 1 is 0.905 bits per heavy atom. The zero-order valence-electron chi connectivity index (χ0n) is 13.0. The van der Waals surface area contributed by atoms with Crippen LogP contribution in [-0.4, -0.2) is 19.2 Å². The first-order valence-corrected chi connectivity index (χ1v) is 7.99. The van der Waals surface area contributed by atoms with E-state index in [-0.39, 0.29) is 0 Å². The summed E-state index contributed by atoms with van der Waals surface area (Å²) in [5.41, 5.74) is 0.940. The molecule has 0 aromatic heterocycles. The van der Waals surface area contributed by atoms with E-state index in [1.165, 1.54) is 38.5 Å². The Balaban J connectivity index is 2.18. The third kappa shape index (κ3) is 7.07. The molecule has 3 nitrogen and oxygen atoms in total. The molecule has 0 fully saturated rings. The predicted molar refractivity (Wildman–Crippen MR) is 85.3 cm³/mol. The average Bonchev–Trinajstić information content (AvgIpc) is 2.53. The average molecular weight is 290 g/mol. The standard InChI is InChI=1S/C18H26O3/c1-2-3-4-5-6-7-8-9-12-21-18-11-10-16(14-19)13-17(18)15-20/h10-11,13-15H,2-9,12H2,1H3. The Labute approximate surface area is 127 Å². The van der Waals surface area contributed by atoms with Crippen LogP contribution in [0.4, 0.5) is 0 Å². The van der Waals surface area contributed by atoms with E-state index in [2.05, 4.69) is 6.92 Å². The molecule has 0 radical (unpaired) electrons. The van der Waals surface area contributed by atoms with Crippen LogP contribution in [0.1, 0.15) is 79.0 Å². The highest BCUT2D eigenvalue weighted by molar-refractivity contribution is 5.84. The molecule has 21 heavy (non-hydrogen) atoms. The number of rotatable bonds is 12. The third-order valence-electron chi connectivity index (χ3n) is 3.55. The summed E-state index contributed by atoms with van der Waals surface area (Å²) in [4.78, 5) is 21.6. The summed E-state index contributed by atoms with van der Waals surface area (Å²) in [6, 6.07) is 4.92. The summed E-state index contributed by atoms with van der Waals surface area (Å²) < 4.78 is 5.63. The summed E-state index contributed by atoms with van der Waals surface area (Å²) >= 11 is 0. The molecule has 0 aliphatic rings. The van der Waals surface area contributed by atoms with Crippen LogP contribution in [0.5, 0.6) is 5.75 Å². The maximum absolute atomic E-state index is 11.0. The van der Waals surface area contributed by atoms with Gasteiger partial charge in [-0.15, -0.1) is 0 Å². The predicted octanol–water partition coefficient (Wildman–Crippen LogP) is 4.83. The van der Waals surface area contributed by atoms with Gasteiger partial charge in [0.1, 0.15) is 12.0 Å². The lowest BCUT2D eigenvalue weighted by molar-refractivity contribution is 0.111. The van der Waals surface area contributed by atoms with Crippen molar-refractivity contribution in [3.8, 4) is 5.75 Å². The highest BCUT2D eigenvalue weighted by Crippen LogP contribution is 2.18. The largest absolute Gasteiger partial charge is 0.493 e. The highest BCUT2D eigenvalue weighted by Gasteiger charge is 2.04. The van der Waals surface area contributed by atoms with Crippen LogP contribution in [0.25, 0.3) is 0 Å². The quantitative estimate of drug-likeness (QED) is 0.409. The van der Waals surface area contributed by atoms with Gasteiger partial charge in [-0.1, -0.05) is 51.9 Å². The second-order valence-electron chi connectivity index (χ2n) is 5.36. The molecule has 1 aromatic rings. The molecule has 0 N–H and O–H groups in total. The van der Waals surface area contributed by atoms with Crippen LogP contribution in [0.3, 0.4) is 0 Å². The summed E-state index contributed by atoms with van der Waals surface area (Å²) in [5, 5.41) is 0. The lowest BCUT2D eigenvalue weighted by atomic mass is 10.1. The van der Waals surface area contributed by atoms with Gasteiger partial charge in [-0.05, 0) is 24.6 Å². The van der Waals surface area contributed by atoms with E-state index in [0.717, 1.165) is 25.4 Å². The van der Waals surface area contributed by atoms with E-state index in [4.69, 9.17) is 4.74 Å². The molecule has 0 saturated heterocycles. The molecule has 0 amide bonds. The highest BCUT2D eigenvalue weighted by atomic mass is 16.5. The number of aldehydes is 2. The van der Waals surface area contributed by atoms with Crippen molar-refractivity contribution >= 4 is 12.6 Å². The summed E-state index contributed by atoms with van der Waals surface area (Å²) in [5.74, 6) is 0.568. The lowest BCUT2D eigenvalue weighted by Crippen LogP contribution is -2.00. The van der Waals surface area contributed by atoms with E-state index in [1.54, 1.807) is 18.2 Å². The Bertz CT molecular complexity index is 426. The van der Waals surface area contributed by atoms with E-state index in [0.29, 0.717) is 23.5 Å². The number of unbranched alkanes of at least 4 members (excludes halogenated alkanes) is 7. The third-order valence-corrected chi connectivity index (χ3v) is 3.55. The van der Waals surface area contributed by atoms with Crippen molar-refractivity contribution in [2.45, 2.75) is 58.3 Å². The van der Waals surface area contributed by atoms with Crippen molar-refractivity contribution in [2.75, 3.05) is 6.61 Å². The van der Waals surface area contributed by atoms with Gasteiger partial charge < -0.3 is 4.74 Å². The zero-order valence-corrected chi connectivity index (χ0v) is 13.0. The van der Waals surface area contributed by atoms with Crippen LogP contribution in [0.2, 0.25) is 0 Å². The van der Waals surface area contributed by atoms with Gasteiger partial charge in [0.25, 0.3) is 0 Å². The minimum atomic E-state index is 0.444. The first-order chi connectivity index (χ1) is 10.3. The van der Waals surface area contributed by atoms with Gasteiger partial charge in [0.15, 0.2) is 6.29 Å². The maximum atomic E-state index is 11.0. The van der Waals surface area contributed by atoms with Crippen molar-refractivity contribution in [3.63, 3.8) is 0 Å². The van der Waals surface area contributed by atoms with Gasteiger partial charge in [-0.25, -0.2) is 0 Å². The SMILES string of the molecule is CCCCCCCCCCOc1ccc(C=O)cc1C=O. The van der Waals surface area contributed by atoms with Gasteiger partial charge in [0, 0.05) is 5.56 Å². The summed E-state index contributed by atoms with van der Waals surface area (Å²) in [6.07, 6.45) is 11.5. The fourth-order valence-corrected chi connectivity index (χ4v) is 2.28. The molecule has 1 rings (SSSR count). The van der Waals surface area contributed by atoms with Crippen molar-refractivity contribution in [1.82, 2.24) is 0 Å². The topological polar surface area (TPSA) is 43.4 Å². The van der Waals surface area contributed by atoms with Crippen LogP contribution in [-0.2, 0) is 0 Å². The van der Waals surface area contributed by atoms with E-state index in [9.17, 15) is 9.59 Å². The molecule has 0 bridgehead atoms. The lowest BCUT2D eigenvalue weighted by Gasteiger charge is -2.08. The van der Waals surface area contributed by atoms with Gasteiger partial charge >= 0.3 is 0 Å². The molecule has 0 heterocycles. The fraction of sp³-hybridized carbons (Fsp3) is 0.556. The molecule has 1 aromatic carbocycles. The number of hydrogen-bond acceptors (Lipinski definition) is 3. The van der Waals surface area contributed by atoms with E-state index >= 15 is 0 Å². The summed E-state index contributed by atoms with van der Waals surface area (Å²) in [7, 11) is 0. The Hall–Kier alpha value is -1.64. The molecule has 0 saturated carbocycles. The number of hydrogen-bond donors (Lipinski definition) is 0. The normalized spacial score (nSPS) is 10.3. The van der Waals surface area contributed by atoms with Crippen molar-refractivity contribution in [3.05, 3.63) is 29.3 Å². The van der Waals surface area contributed by atoms with Crippen molar-refractivity contribution < 1.29 is 14.3 Å². The summed E-state index contributed by atoms with van der Waals surface area (Å²) in [6.45, 7) is 2.85. The van der Waals surface area contributed by atoms with Crippen molar-refractivity contribution in [1.29, 1.82) is 0 Å². The van der Waals surface area contributed by atoms with Crippen LogP contribution in [0, 0.1) is 0 Å². The molecule has 0 atom stereocenters. The second kappa shape index (κ2) is 11.1. The van der Waals surface area contributed by atoms with Gasteiger partial charge in [-0.3, -0.25) is 9.59 Å². The molecule has 3 heteroatoms. The van der Waals surface area contributed by atoms with Crippen LogP contribution in [0.15, 0.2) is 18.2 Å².